The summed E-state index contributed by atoms with van der Waals surface area (Å²) in [7, 11) is 3.06. The number of carbonyl (C=O) groups is 2. The minimum absolute atomic E-state index is 0.116. The van der Waals surface area contributed by atoms with Crippen molar-refractivity contribution in [3.63, 3.8) is 0 Å². The highest BCUT2D eigenvalue weighted by molar-refractivity contribution is 6.32. The topological polar surface area (TPSA) is 95.9 Å². The fourth-order valence-corrected chi connectivity index (χ4v) is 4.23. The van der Waals surface area contributed by atoms with Crippen LogP contribution in [0.1, 0.15) is 59.9 Å². The van der Waals surface area contributed by atoms with Gasteiger partial charge in [0.15, 0.2) is 5.60 Å². The summed E-state index contributed by atoms with van der Waals surface area (Å²) in [5, 5.41) is 4.69. The molecule has 1 aromatic rings. The number of hydrogen-bond acceptors (Lipinski definition) is 8. The van der Waals surface area contributed by atoms with Crippen LogP contribution in [0.3, 0.4) is 0 Å². The van der Waals surface area contributed by atoms with E-state index in [1.54, 1.807) is 53.7 Å². The number of ether oxygens (including phenoxy) is 4. The number of nitrogens with zero attached hydrogens (tertiary/aromatic N) is 2. The Morgan fingerprint density at radius 2 is 1.68 bits per heavy atom. The molecule has 0 aliphatic carbocycles. The molecule has 3 rings (SSSR count). The largest absolute Gasteiger partial charge is 0.496 e. The average Bonchev–Trinajstić information content (AvgIpc) is 3.29. The van der Waals surface area contributed by atoms with Crippen LogP contribution in [0.5, 0.6) is 11.5 Å². The Kier molecular flexibility index (Phi) is 6.99. The number of benzene rings is 1. The van der Waals surface area contributed by atoms with Gasteiger partial charge in [0.1, 0.15) is 28.7 Å². The van der Waals surface area contributed by atoms with Crippen molar-refractivity contribution in [1.29, 1.82) is 0 Å². The predicted octanol–water partition coefficient (Wildman–Crippen LogP) is 4.57. The molecule has 0 N–H and O–H groups in total. The lowest BCUT2D eigenvalue weighted by Gasteiger charge is -2.29. The normalized spacial score (nSPS) is 22.3. The number of hydrogen-bond donors (Lipinski definition) is 0. The van der Waals surface area contributed by atoms with Gasteiger partial charge in [-0.25, -0.2) is 9.59 Å². The number of likely N-dealkylation sites (tertiary alicyclic amines) is 1. The monoisotopic (exact) mass is 496 g/mol. The van der Waals surface area contributed by atoms with E-state index in [4.69, 9.17) is 35.4 Å². The summed E-state index contributed by atoms with van der Waals surface area (Å²) in [5.74, 6) is 0.474. The molecule has 188 valence electrons. The van der Waals surface area contributed by atoms with Gasteiger partial charge < -0.3 is 23.8 Å². The van der Waals surface area contributed by atoms with Gasteiger partial charge >= 0.3 is 12.1 Å². The van der Waals surface area contributed by atoms with Crippen LogP contribution in [0.2, 0.25) is 5.02 Å². The van der Waals surface area contributed by atoms with E-state index in [9.17, 15) is 9.59 Å². The molecule has 2 aliphatic rings. The van der Waals surface area contributed by atoms with Crippen LogP contribution in [0, 0.1) is 0 Å². The summed E-state index contributed by atoms with van der Waals surface area (Å²) in [6.45, 7) is 10.8. The zero-order valence-electron chi connectivity index (χ0n) is 21.0. The van der Waals surface area contributed by atoms with E-state index in [0.717, 1.165) is 0 Å². The number of methoxy groups -OCH3 is 2. The first-order chi connectivity index (χ1) is 15.7. The molecule has 1 saturated heterocycles. The lowest BCUT2D eigenvalue weighted by molar-refractivity contribution is -0.160. The van der Waals surface area contributed by atoms with Gasteiger partial charge in [0, 0.05) is 24.5 Å². The van der Waals surface area contributed by atoms with Crippen molar-refractivity contribution in [1.82, 2.24) is 4.90 Å². The van der Waals surface area contributed by atoms with Crippen LogP contribution >= 0.6 is 11.6 Å². The Bertz CT molecular complexity index is 958. The number of esters is 1. The van der Waals surface area contributed by atoms with Crippen molar-refractivity contribution in [3.05, 3.63) is 22.7 Å². The van der Waals surface area contributed by atoms with E-state index in [1.807, 2.05) is 0 Å². The minimum atomic E-state index is -0.911. The Hall–Kier alpha value is -2.68. The SMILES string of the molecule is COc1cc(OC)c(C2=NO[C@]3(C2)C[C@@H](C(=O)OC(C)(C)C)N(C(=O)OC(C)(C)C)C3)cc1Cl. The number of carbonyl (C=O) groups excluding carboxylic acids is 2. The van der Waals surface area contributed by atoms with Crippen molar-refractivity contribution in [2.45, 2.75) is 77.2 Å². The summed E-state index contributed by atoms with van der Waals surface area (Å²) in [6, 6.07) is 2.51. The third kappa shape index (κ3) is 5.68. The fourth-order valence-electron chi connectivity index (χ4n) is 3.99. The van der Waals surface area contributed by atoms with Crippen molar-refractivity contribution < 1.29 is 33.4 Å². The standard InChI is InChI=1S/C24H33ClN2O7/c1-22(2,3)32-20(28)17-12-24(13-27(17)21(29)33-23(4,5)6)11-16(26-34-24)14-9-15(25)19(31-8)10-18(14)30-7/h9-10,17H,11-13H2,1-8H3/t17-,24+/m0/s1. The maximum Gasteiger partial charge on any atom is 0.411 e. The lowest BCUT2D eigenvalue weighted by Crippen LogP contribution is -2.46. The van der Waals surface area contributed by atoms with Gasteiger partial charge in [-0.1, -0.05) is 16.8 Å². The second-order valence-electron chi connectivity index (χ2n) is 10.5. The molecule has 2 atom stereocenters. The van der Waals surface area contributed by atoms with Crippen LogP contribution in [0.15, 0.2) is 17.3 Å². The second-order valence-corrected chi connectivity index (χ2v) is 10.9. The molecule has 9 nitrogen and oxygen atoms in total. The summed E-state index contributed by atoms with van der Waals surface area (Å²) in [5.41, 5.74) is -1.11. The lowest BCUT2D eigenvalue weighted by atomic mass is 9.91. The van der Waals surface area contributed by atoms with Gasteiger partial charge in [0.25, 0.3) is 0 Å². The highest BCUT2D eigenvalue weighted by Gasteiger charge is 2.55. The molecule has 10 heteroatoms. The molecule has 1 amide bonds. The van der Waals surface area contributed by atoms with Crippen LogP contribution < -0.4 is 9.47 Å². The molecule has 34 heavy (non-hydrogen) atoms. The molecule has 1 aromatic carbocycles. The number of oxime groups is 1. The molecule has 2 aliphatic heterocycles. The van der Waals surface area contributed by atoms with E-state index in [1.165, 1.54) is 19.1 Å². The first-order valence-electron chi connectivity index (χ1n) is 11.1. The summed E-state index contributed by atoms with van der Waals surface area (Å²) in [4.78, 5) is 33.3. The third-order valence-corrected chi connectivity index (χ3v) is 5.63. The number of amides is 1. The maximum atomic E-state index is 13.0. The molecule has 2 heterocycles. The minimum Gasteiger partial charge on any atom is -0.496 e. The molecule has 0 radical (unpaired) electrons. The van der Waals surface area contributed by atoms with Gasteiger partial charge in [0.2, 0.25) is 0 Å². The molecule has 0 bridgehead atoms. The molecule has 1 spiro atoms. The molecule has 0 unspecified atom stereocenters. The summed E-state index contributed by atoms with van der Waals surface area (Å²) >= 11 is 6.33. The molecule has 0 aromatic heterocycles. The smallest absolute Gasteiger partial charge is 0.411 e. The Labute approximate surface area is 205 Å². The highest BCUT2D eigenvalue weighted by atomic mass is 35.5. The summed E-state index contributed by atoms with van der Waals surface area (Å²) in [6.07, 6.45) is -0.0623. The fraction of sp³-hybridized carbons (Fsp3) is 0.625. The molecule has 1 fully saturated rings. The van der Waals surface area contributed by atoms with Crippen molar-refractivity contribution >= 4 is 29.4 Å². The Morgan fingerprint density at radius 3 is 2.24 bits per heavy atom. The van der Waals surface area contributed by atoms with Gasteiger partial charge in [-0.2, -0.15) is 0 Å². The zero-order valence-corrected chi connectivity index (χ0v) is 21.7. The van der Waals surface area contributed by atoms with E-state index in [2.05, 4.69) is 5.16 Å². The Balaban J connectivity index is 1.88. The van der Waals surface area contributed by atoms with E-state index >= 15 is 0 Å². The highest BCUT2D eigenvalue weighted by Crippen LogP contribution is 2.42. The van der Waals surface area contributed by atoms with Crippen LogP contribution in [0.25, 0.3) is 0 Å². The maximum absolute atomic E-state index is 13.0. The first-order valence-corrected chi connectivity index (χ1v) is 11.4. The molecular weight excluding hydrogens is 464 g/mol. The first kappa shape index (κ1) is 25.9. The van der Waals surface area contributed by atoms with Gasteiger partial charge in [-0.15, -0.1) is 0 Å². The third-order valence-electron chi connectivity index (χ3n) is 5.33. The van der Waals surface area contributed by atoms with E-state index in [0.29, 0.717) is 34.2 Å². The second kappa shape index (κ2) is 9.17. The average molecular weight is 497 g/mol. The van der Waals surface area contributed by atoms with Gasteiger partial charge in [-0.05, 0) is 47.6 Å². The van der Waals surface area contributed by atoms with E-state index < -0.39 is 34.9 Å². The molecule has 0 saturated carbocycles. The van der Waals surface area contributed by atoms with Crippen molar-refractivity contribution in [3.8, 4) is 11.5 Å². The van der Waals surface area contributed by atoms with Gasteiger partial charge in [0.05, 0.1) is 31.5 Å². The zero-order chi connectivity index (χ0) is 25.5. The quantitative estimate of drug-likeness (QED) is 0.563. The number of rotatable bonds is 4. The van der Waals surface area contributed by atoms with Crippen LogP contribution in [0.4, 0.5) is 4.79 Å². The van der Waals surface area contributed by atoms with Crippen LogP contribution in [-0.2, 0) is 19.1 Å². The van der Waals surface area contributed by atoms with Crippen molar-refractivity contribution in [2.24, 2.45) is 5.16 Å². The molecular formula is C24H33ClN2O7. The number of halogens is 1. The Morgan fingerprint density at radius 1 is 1.06 bits per heavy atom. The summed E-state index contributed by atoms with van der Waals surface area (Å²) < 4.78 is 21.9. The van der Waals surface area contributed by atoms with E-state index in [-0.39, 0.29) is 13.0 Å². The van der Waals surface area contributed by atoms with Crippen LogP contribution in [-0.4, -0.2) is 66.3 Å². The predicted molar refractivity (Wildman–Crippen MR) is 127 cm³/mol. The van der Waals surface area contributed by atoms with Crippen molar-refractivity contribution in [2.75, 3.05) is 20.8 Å². The van der Waals surface area contributed by atoms with Gasteiger partial charge in [-0.3, -0.25) is 4.90 Å².